The zero-order chi connectivity index (χ0) is 16.7. The summed E-state index contributed by atoms with van der Waals surface area (Å²) in [5, 5.41) is 3.12. The Balaban J connectivity index is 2.06. The fourth-order valence-electron chi connectivity index (χ4n) is 2.43. The maximum absolute atomic E-state index is 12.9. The van der Waals surface area contributed by atoms with E-state index in [1.165, 1.54) is 25.0 Å². The summed E-state index contributed by atoms with van der Waals surface area (Å²) in [6.07, 6.45) is 4.27. The Morgan fingerprint density at radius 3 is 2.61 bits per heavy atom. The highest BCUT2D eigenvalue weighted by atomic mass is 19.1. The summed E-state index contributed by atoms with van der Waals surface area (Å²) in [5.41, 5.74) is 1.70. The number of anilines is 1. The van der Waals surface area contributed by atoms with Gasteiger partial charge < -0.3 is 15.0 Å². The van der Waals surface area contributed by atoms with E-state index in [9.17, 15) is 4.39 Å². The summed E-state index contributed by atoms with van der Waals surface area (Å²) in [7, 11) is 0. The van der Waals surface area contributed by atoms with Crippen molar-refractivity contribution in [1.29, 1.82) is 0 Å². The molecule has 4 nitrogen and oxygen atoms in total. The topological polar surface area (TPSA) is 36.9 Å². The van der Waals surface area contributed by atoms with Gasteiger partial charge in [0.25, 0.3) is 0 Å². The molecule has 0 atom stereocenters. The van der Waals surface area contributed by atoms with Crippen LogP contribution in [-0.4, -0.2) is 30.4 Å². The Kier molecular flexibility index (Phi) is 6.20. The minimum Gasteiger partial charge on any atom is -0.478 e. The number of halogens is 1. The first-order chi connectivity index (χ1) is 11.1. The van der Waals surface area contributed by atoms with Crippen LogP contribution in [0.5, 0.6) is 0 Å². The molecule has 0 aliphatic carbocycles. The van der Waals surface area contributed by atoms with Crippen molar-refractivity contribution in [2.75, 3.05) is 25.0 Å². The third-order valence-electron chi connectivity index (χ3n) is 3.54. The average Bonchev–Trinajstić information content (AvgIpc) is 3.04. The highest BCUT2D eigenvalue weighted by Crippen LogP contribution is 2.16. The number of benzene rings is 1. The van der Waals surface area contributed by atoms with Gasteiger partial charge in [-0.3, -0.25) is 0 Å². The molecule has 1 aromatic carbocycles. The minimum absolute atomic E-state index is 0.262. The Labute approximate surface area is 137 Å². The van der Waals surface area contributed by atoms with Gasteiger partial charge in [-0.05, 0) is 51.0 Å². The molecule has 1 heterocycles. The van der Waals surface area contributed by atoms with Gasteiger partial charge in [-0.2, -0.15) is 0 Å². The number of rotatable bonds is 6. The molecular weight excluding hydrogens is 293 g/mol. The van der Waals surface area contributed by atoms with Crippen LogP contribution in [0, 0.1) is 5.82 Å². The van der Waals surface area contributed by atoms with Crippen LogP contribution in [0.3, 0.4) is 0 Å². The molecule has 0 unspecified atom stereocenters. The fraction of sp³-hybridized carbons (Fsp3) is 0.389. The second-order valence-corrected chi connectivity index (χ2v) is 5.43. The molecule has 1 aliphatic rings. The van der Waals surface area contributed by atoms with E-state index >= 15 is 0 Å². The minimum atomic E-state index is -0.262. The third-order valence-corrected chi connectivity index (χ3v) is 3.54. The Hall–Kier alpha value is -2.30. The van der Waals surface area contributed by atoms with Crippen LogP contribution in [0.1, 0.15) is 26.7 Å². The highest BCUT2D eigenvalue weighted by molar-refractivity contribution is 5.94. The molecule has 1 aliphatic heterocycles. The molecule has 0 saturated carbocycles. The predicted molar refractivity (Wildman–Crippen MR) is 92.8 cm³/mol. The van der Waals surface area contributed by atoms with Gasteiger partial charge in [0.1, 0.15) is 11.7 Å². The zero-order valence-electron chi connectivity index (χ0n) is 13.8. The molecule has 2 rings (SSSR count). The van der Waals surface area contributed by atoms with Crippen LogP contribution >= 0.6 is 0 Å². The van der Waals surface area contributed by atoms with E-state index in [4.69, 9.17) is 4.74 Å². The first-order valence-electron chi connectivity index (χ1n) is 7.94. The van der Waals surface area contributed by atoms with Crippen molar-refractivity contribution in [3.8, 4) is 0 Å². The molecular formula is C18H24FN3O. The maximum Gasteiger partial charge on any atom is 0.216 e. The Morgan fingerprint density at radius 1 is 1.35 bits per heavy atom. The van der Waals surface area contributed by atoms with Gasteiger partial charge >= 0.3 is 0 Å². The molecule has 124 valence electrons. The highest BCUT2D eigenvalue weighted by Gasteiger charge is 2.12. The van der Waals surface area contributed by atoms with Crippen LogP contribution in [0.2, 0.25) is 0 Å². The van der Waals surface area contributed by atoms with Gasteiger partial charge in [0.2, 0.25) is 5.88 Å². The summed E-state index contributed by atoms with van der Waals surface area (Å²) < 4.78 is 18.5. The zero-order valence-corrected chi connectivity index (χ0v) is 13.8. The molecule has 23 heavy (non-hydrogen) atoms. The van der Waals surface area contributed by atoms with Crippen molar-refractivity contribution in [2.24, 2.45) is 4.99 Å². The van der Waals surface area contributed by atoms with E-state index in [0.717, 1.165) is 24.5 Å². The molecule has 1 fully saturated rings. The van der Waals surface area contributed by atoms with Crippen LogP contribution in [0.15, 0.2) is 53.5 Å². The summed E-state index contributed by atoms with van der Waals surface area (Å²) >= 11 is 0. The van der Waals surface area contributed by atoms with Crippen molar-refractivity contribution in [2.45, 2.75) is 26.7 Å². The summed E-state index contributed by atoms with van der Waals surface area (Å²) in [6.45, 7) is 10.5. The van der Waals surface area contributed by atoms with Crippen LogP contribution in [0.25, 0.3) is 0 Å². The molecule has 0 bridgehead atoms. The smallest absolute Gasteiger partial charge is 0.216 e. The lowest BCUT2D eigenvalue weighted by Crippen LogP contribution is -2.17. The lowest BCUT2D eigenvalue weighted by Gasteiger charge is -2.18. The molecule has 5 heteroatoms. The lowest BCUT2D eigenvalue weighted by atomic mass is 10.3. The Morgan fingerprint density at radius 2 is 2.00 bits per heavy atom. The number of hydrogen-bond acceptors (Lipinski definition) is 3. The summed E-state index contributed by atoms with van der Waals surface area (Å²) in [5.74, 6) is 0.934. The number of aliphatic imine (C=N–C) groups is 1. The fourth-order valence-corrected chi connectivity index (χ4v) is 2.43. The van der Waals surface area contributed by atoms with Crippen molar-refractivity contribution in [1.82, 2.24) is 4.90 Å². The normalized spacial score (nSPS) is 15.7. The molecule has 0 aromatic heterocycles. The van der Waals surface area contributed by atoms with Crippen molar-refractivity contribution in [3.63, 3.8) is 0 Å². The van der Waals surface area contributed by atoms with Gasteiger partial charge in [-0.25, -0.2) is 9.38 Å². The standard InChI is InChI=1S/C18H24FN3O/c1-4-23-18(13-14(2)22-11-5-6-12-22)21-15(3)20-17-9-7-16(19)8-10-17/h7-10,13H,2,4-6,11-12H2,1,3H3,(H,20,21)/b18-13+. The molecule has 0 radical (unpaired) electrons. The van der Waals surface area contributed by atoms with Crippen LogP contribution in [-0.2, 0) is 4.74 Å². The van der Waals surface area contributed by atoms with E-state index in [1.54, 1.807) is 12.1 Å². The quantitative estimate of drug-likeness (QED) is 0.371. The van der Waals surface area contributed by atoms with E-state index in [1.807, 2.05) is 19.9 Å². The SMILES string of the molecule is C=C(/C=C(\N=C(/C)Nc1ccc(F)cc1)OCC)N1CCCC1. The lowest BCUT2D eigenvalue weighted by molar-refractivity contribution is 0.226. The third kappa shape index (κ3) is 5.43. The van der Waals surface area contributed by atoms with Gasteiger partial charge in [0.05, 0.1) is 6.61 Å². The Bertz CT molecular complexity index is 587. The number of amidine groups is 1. The predicted octanol–water partition coefficient (Wildman–Crippen LogP) is 4.14. The van der Waals surface area contributed by atoms with Gasteiger partial charge in [0.15, 0.2) is 0 Å². The van der Waals surface area contributed by atoms with Crippen molar-refractivity contribution < 1.29 is 9.13 Å². The number of ether oxygens (including phenoxy) is 1. The number of likely N-dealkylation sites (tertiary alicyclic amines) is 1. The summed E-state index contributed by atoms with van der Waals surface area (Å²) in [6, 6.07) is 6.15. The first kappa shape index (κ1) is 17.1. The van der Waals surface area contributed by atoms with Gasteiger partial charge in [-0.15, -0.1) is 0 Å². The monoisotopic (exact) mass is 317 g/mol. The average molecular weight is 317 g/mol. The van der Waals surface area contributed by atoms with E-state index < -0.39 is 0 Å². The molecule has 1 aromatic rings. The maximum atomic E-state index is 12.9. The van der Waals surface area contributed by atoms with Gasteiger partial charge in [0, 0.05) is 30.5 Å². The molecule has 0 spiro atoms. The molecule has 1 saturated heterocycles. The van der Waals surface area contributed by atoms with E-state index in [0.29, 0.717) is 18.3 Å². The second-order valence-electron chi connectivity index (χ2n) is 5.43. The van der Waals surface area contributed by atoms with Crippen LogP contribution in [0.4, 0.5) is 10.1 Å². The van der Waals surface area contributed by atoms with Crippen molar-refractivity contribution >= 4 is 11.5 Å². The second kappa shape index (κ2) is 8.36. The number of nitrogens with zero attached hydrogens (tertiary/aromatic N) is 2. The van der Waals surface area contributed by atoms with Crippen LogP contribution < -0.4 is 5.32 Å². The molecule has 1 N–H and O–H groups in total. The number of hydrogen-bond donors (Lipinski definition) is 1. The summed E-state index contributed by atoms with van der Waals surface area (Å²) in [4.78, 5) is 6.69. The number of nitrogens with one attached hydrogen (secondary N) is 1. The first-order valence-corrected chi connectivity index (χ1v) is 7.94. The largest absolute Gasteiger partial charge is 0.478 e. The van der Waals surface area contributed by atoms with E-state index in [-0.39, 0.29) is 5.82 Å². The number of allylic oxidation sites excluding steroid dienone is 1. The molecule has 0 amide bonds. The van der Waals surface area contributed by atoms with E-state index in [2.05, 4.69) is 21.8 Å². The van der Waals surface area contributed by atoms with Gasteiger partial charge in [-0.1, -0.05) is 6.58 Å². The van der Waals surface area contributed by atoms with Crippen molar-refractivity contribution in [3.05, 3.63) is 54.3 Å².